The number of hydrogen-bond donors (Lipinski definition) is 0. The highest BCUT2D eigenvalue weighted by molar-refractivity contribution is 8.19. The second-order valence-electron chi connectivity index (χ2n) is 6.14. The summed E-state index contributed by atoms with van der Waals surface area (Å²) >= 11 is 6.56. The topological polar surface area (TPSA) is 55.8 Å². The van der Waals surface area contributed by atoms with Gasteiger partial charge in [0, 0.05) is 13.0 Å². The molecule has 1 heterocycles. The van der Waals surface area contributed by atoms with Gasteiger partial charge in [-0.05, 0) is 48.4 Å². The van der Waals surface area contributed by atoms with Crippen molar-refractivity contribution in [3.63, 3.8) is 0 Å². The Morgan fingerprint density at radius 3 is 2.63 bits per heavy atom. The molecule has 0 unspecified atom stereocenters. The molecule has 1 aliphatic heterocycles. The van der Waals surface area contributed by atoms with Crippen LogP contribution in [0.2, 0.25) is 0 Å². The monoisotopic (exact) mass is 407 g/mol. The number of thiocarbonyl (C=S) groups is 1. The molecule has 0 atom stereocenters. The van der Waals surface area contributed by atoms with Crippen LogP contribution in [0, 0.1) is 0 Å². The molecule has 2 rings (SSSR count). The second-order valence-corrected chi connectivity index (χ2v) is 7.52. The summed E-state index contributed by atoms with van der Waals surface area (Å²) in [5.74, 6) is 0.559. The van der Waals surface area contributed by atoms with Gasteiger partial charge >= 0.3 is 5.97 Å². The van der Waals surface area contributed by atoms with Crippen molar-refractivity contribution in [2.24, 2.45) is 0 Å². The lowest BCUT2D eigenvalue weighted by Gasteiger charge is -2.14. The molecule has 0 saturated carbocycles. The average molecular weight is 408 g/mol. The number of esters is 1. The van der Waals surface area contributed by atoms with Crippen molar-refractivity contribution in [3.8, 4) is 5.75 Å². The fraction of sp³-hybridized carbons (Fsp3) is 0.450. The molecule has 0 aliphatic carbocycles. The third-order valence-electron chi connectivity index (χ3n) is 4.06. The first-order valence-corrected chi connectivity index (χ1v) is 10.3. The number of hydrogen-bond acceptors (Lipinski definition) is 6. The second kappa shape index (κ2) is 11.1. The molecule has 1 fully saturated rings. The number of rotatable bonds is 10. The van der Waals surface area contributed by atoms with Crippen LogP contribution in [0.1, 0.15) is 44.6 Å². The van der Waals surface area contributed by atoms with Crippen LogP contribution in [0.5, 0.6) is 5.75 Å². The van der Waals surface area contributed by atoms with Crippen LogP contribution in [0.25, 0.3) is 6.08 Å². The predicted octanol–water partition coefficient (Wildman–Crippen LogP) is 5.05. The van der Waals surface area contributed by atoms with Crippen LogP contribution in [0.3, 0.4) is 0 Å². The van der Waals surface area contributed by atoms with E-state index < -0.39 is 0 Å². The molecule has 27 heavy (non-hydrogen) atoms. The highest BCUT2D eigenvalue weighted by Gasteiger charge is 2.31. The van der Waals surface area contributed by atoms with Gasteiger partial charge in [-0.1, -0.05) is 44.1 Å². The van der Waals surface area contributed by atoms with Crippen molar-refractivity contribution in [1.29, 1.82) is 0 Å². The van der Waals surface area contributed by atoms with E-state index in [-0.39, 0.29) is 11.2 Å². The Balaban J connectivity index is 1.82. The molecule has 1 amide bonds. The van der Waals surface area contributed by atoms with Crippen molar-refractivity contribution in [2.75, 3.05) is 20.3 Å². The molecule has 1 aromatic carbocycles. The van der Waals surface area contributed by atoms with E-state index in [9.17, 15) is 9.59 Å². The van der Waals surface area contributed by atoms with E-state index in [0.717, 1.165) is 47.2 Å². The van der Waals surface area contributed by atoms with Crippen LogP contribution < -0.4 is 4.74 Å². The largest absolute Gasteiger partial charge is 0.497 e. The standard InChI is InChI=1S/C20H25NO4S2/c1-3-4-5-13-25-18(22)7-6-12-21-19(26)17(27-20(21)23)14-15-8-10-16(24-2)11-9-15/h8-11,14H,3-7,12-13H2,1-2H3. The number of ether oxygens (including phenoxy) is 2. The van der Waals surface area contributed by atoms with Crippen molar-refractivity contribution in [2.45, 2.75) is 39.0 Å². The summed E-state index contributed by atoms with van der Waals surface area (Å²) in [7, 11) is 1.62. The molecular weight excluding hydrogens is 382 g/mol. The molecule has 7 heteroatoms. The van der Waals surface area contributed by atoms with Crippen molar-refractivity contribution in [3.05, 3.63) is 34.7 Å². The van der Waals surface area contributed by atoms with Crippen molar-refractivity contribution in [1.82, 2.24) is 4.90 Å². The van der Waals surface area contributed by atoms with E-state index in [2.05, 4.69) is 6.92 Å². The number of carbonyl (C=O) groups is 2. The molecule has 0 N–H and O–H groups in total. The minimum Gasteiger partial charge on any atom is -0.497 e. The molecule has 1 aliphatic rings. The molecule has 0 radical (unpaired) electrons. The minimum atomic E-state index is -0.217. The van der Waals surface area contributed by atoms with Crippen molar-refractivity contribution < 1.29 is 19.1 Å². The molecule has 1 saturated heterocycles. The number of carbonyl (C=O) groups excluding carboxylic acids is 2. The molecule has 0 aromatic heterocycles. The van der Waals surface area contributed by atoms with Gasteiger partial charge in [0.15, 0.2) is 0 Å². The van der Waals surface area contributed by atoms with E-state index in [1.54, 1.807) is 12.0 Å². The zero-order valence-corrected chi connectivity index (χ0v) is 17.4. The van der Waals surface area contributed by atoms with Gasteiger partial charge in [0.2, 0.25) is 0 Å². The quantitative estimate of drug-likeness (QED) is 0.234. The van der Waals surface area contributed by atoms with Crippen molar-refractivity contribution >= 4 is 46.3 Å². The third-order valence-corrected chi connectivity index (χ3v) is 5.56. The fourth-order valence-corrected chi connectivity index (χ4v) is 3.83. The molecule has 0 spiro atoms. The smallest absolute Gasteiger partial charge is 0.305 e. The number of unbranched alkanes of at least 4 members (excludes halogenated alkanes) is 2. The maximum atomic E-state index is 12.2. The molecule has 146 valence electrons. The Hall–Kier alpha value is -1.86. The Kier molecular flexibility index (Phi) is 8.81. The highest BCUT2D eigenvalue weighted by atomic mass is 32.2. The van der Waals surface area contributed by atoms with Crippen LogP contribution in [-0.2, 0) is 9.53 Å². The first-order valence-electron chi connectivity index (χ1n) is 9.10. The summed E-state index contributed by atoms with van der Waals surface area (Å²) in [6, 6.07) is 7.55. The maximum Gasteiger partial charge on any atom is 0.305 e. The lowest BCUT2D eigenvalue weighted by molar-refractivity contribution is -0.143. The number of methoxy groups -OCH3 is 1. The average Bonchev–Trinajstić information content (AvgIpc) is 2.93. The Bertz CT molecular complexity index is 700. The van der Waals surface area contributed by atoms with E-state index in [0.29, 0.717) is 31.0 Å². The fourth-order valence-electron chi connectivity index (χ4n) is 2.54. The number of nitrogens with zero attached hydrogens (tertiary/aromatic N) is 1. The first kappa shape index (κ1) is 21.4. The zero-order valence-electron chi connectivity index (χ0n) is 15.7. The van der Waals surface area contributed by atoms with E-state index in [1.807, 2.05) is 30.3 Å². The van der Waals surface area contributed by atoms with Gasteiger partial charge in [-0.3, -0.25) is 14.5 Å². The predicted molar refractivity (Wildman–Crippen MR) is 113 cm³/mol. The van der Waals surface area contributed by atoms with E-state index in [4.69, 9.17) is 21.7 Å². The Labute approximate surface area is 170 Å². The molecular formula is C20H25NO4S2. The minimum absolute atomic E-state index is 0.101. The highest BCUT2D eigenvalue weighted by Crippen LogP contribution is 2.33. The maximum absolute atomic E-state index is 12.2. The normalized spacial score (nSPS) is 15.5. The van der Waals surface area contributed by atoms with Crippen LogP contribution >= 0.6 is 24.0 Å². The summed E-state index contributed by atoms with van der Waals surface area (Å²) in [4.78, 5) is 26.8. The van der Waals surface area contributed by atoms with Gasteiger partial charge in [-0.15, -0.1) is 0 Å². The third kappa shape index (κ3) is 6.66. The first-order chi connectivity index (χ1) is 13.0. The SMILES string of the molecule is CCCCCOC(=O)CCCN1C(=O)SC(=Cc2ccc(OC)cc2)C1=S. The molecule has 1 aromatic rings. The number of benzene rings is 1. The van der Waals surface area contributed by atoms with E-state index in [1.165, 1.54) is 0 Å². The van der Waals surface area contributed by atoms with Crippen LogP contribution in [0.15, 0.2) is 29.2 Å². The Morgan fingerprint density at radius 2 is 1.96 bits per heavy atom. The summed E-state index contributed by atoms with van der Waals surface area (Å²) < 4.78 is 10.3. The van der Waals surface area contributed by atoms with Crippen LogP contribution in [-0.4, -0.2) is 41.4 Å². The van der Waals surface area contributed by atoms with Gasteiger partial charge in [-0.2, -0.15) is 0 Å². The summed E-state index contributed by atoms with van der Waals surface area (Å²) in [6.07, 6.45) is 5.77. The van der Waals surface area contributed by atoms with Gasteiger partial charge in [-0.25, -0.2) is 0 Å². The molecule has 0 bridgehead atoms. The summed E-state index contributed by atoms with van der Waals surface area (Å²) in [6.45, 7) is 3.00. The van der Waals surface area contributed by atoms with Crippen LogP contribution in [0.4, 0.5) is 4.79 Å². The Morgan fingerprint density at radius 1 is 1.22 bits per heavy atom. The number of amides is 1. The summed E-state index contributed by atoms with van der Waals surface area (Å²) in [5.41, 5.74) is 0.950. The lowest BCUT2D eigenvalue weighted by atomic mass is 10.2. The van der Waals surface area contributed by atoms with Gasteiger partial charge in [0.25, 0.3) is 5.24 Å². The van der Waals surface area contributed by atoms with Gasteiger partial charge in [0.1, 0.15) is 10.7 Å². The van der Waals surface area contributed by atoms with Gasteiger partial charge < -0.3 is 9.47 Å². The van der Waals surface area contributed by atoms with E-state index >= 15 is 0 Å². The van der Waals surface area contributed by atoms with Gasteiger partial charge in [0.05, 0.1) is 18.6 Å². The molecule has 5 nitrogen and oxygen atoms in total. The lowest BCUT2D eigenvalue weighted by Crippen LogP contribution is -2.28. The number of thioether (sulfide) groups is 1. The zero-order chi connectivity index (χ0) is 19.6. The summed E-state index contributed by atoms with van der Waals surface area (Å²) in [5, 5.41) is -0.101.